The molecule has 0 radical (unpaired) electrons. The minimum absolute atomic E-state index is 0.271. The van der Waals surface area contributed by atoms with Gasteiger partial charge in [0.05, 0.1) is 36.8 Å². The summed E-state index contributed by atoms with van der Waals surface area (Å²) < 4.78 is 34.0. The molecular weight excluding hydrogens is 514 g/mol. The normalized spacial score (nSPS) is 16.2. The van der Waals surface area contributed by atoms with Gasteiger partial charge in [0.2, 0.25) is 0 Å². The van der Waals surface area contributed by atoms with Crippen molar-refractivity contribution in [2.24, 2.45) is 11.8 Å². The molecule has 0 N–H and O–H groups in total. The third-order valence-corrected chi connectivity index (χ3v) is 7.88. The molecule has 0 fully saturated rings. The number of nitrogens with zero attached hydrogens (tertiary/aromatic N) is 1. The summed E-state index contributed by atoms with van der Waals surface area (Å²) in [6.07, 6.45) is 25.8. The number of hydrogen-bond acceptors (Lipinski definition) is 3. The maximum Gasteiger partial charge on any atom is 0.0976 e. The second kappa shape index (κ2) is 21.1. The SMILES string of the molecule is C/C(=C\CC/C(C)=C/C[N+](C)(C/C=C(\C)CC/C=C(\C)C/C=C/C(C)C)CCCCS(=O)(=O)[O-])C/C=C/C(C)C. The summed E-state index contributed by atoms with van der Waals surface area (Å²) in [4.78, 5) is 0. The van der Waals surface area contributed by atoms with E-state index in [4.69, 9.17) is 0 Å². The Bertz CT molecular complexity index is 934. The van der Waals surface area contributed by atoms with Crippen molar-refractivity contribution in [3.05, 3.63) is 70.9 Å². The van der Waals surface area contributed by atoms with Crippen molar-refractivity contribution in [1.29, 1.82) is 0 Å². The first kappa shape index (κ1) is 38.3. The molecule has 0 heterocycles. The molecule has 0 atom stereocenters. The summed E-state index contributed by atoms with van der Waals surface area (Å²) in [5, 5.41) is 0. The number of rotatable bonds is 21. The largest absolute Gasteiger partial charge is 0.748 e. The maximum atomic E-state index is 11.1. The number of quaternary nitrogens is 1. The summed E-state index contributed by atoms with van der Waals surface area (Å²) in [6, 6.07) is 0. The Hall–Kier alpha value is -1.69. The van der Waals surface area contributed by atoms with Gasteiger partial charge in [-0.25, -0.2) is 8.42 Å². The lowest BCUT2D eigenvalue weighted by Gasteiger charge is -2.33. The van der Waals surface area contributed by atoms with Crippen LogP contribution in [0.15, 0.2) is 70.9 Å². The zero-order chi connectivity index (χ0) is 30.6. The van der Waals surface area contributed by atoms with E-state index in [0.717, 1.165) is 69.1 Å². The van der Waals surface area contributed by atoms with Gasteiger partial charge in [-0.2, -0.15) is 0 Å². The number of likely N-dealkylation sites (N-methyl/N-ethyl adjacent to an activating group) is 1. The molecule has 0 aliphatic heterocycles. The minimum Gasteiger partial charge on any atom is -0.748 e. The van der Waals surface area contributed by atoms with Crippen LogP contribution in [0.5, 0.6) is 0 Å². The smallest absolute Gasteiger partial charge is 0.0976 e. The quantitative estimate of drug-likeness (QED) is 0.0593. The number of allylic oxidation sites excluding steroid dienone is 10. The van der Waals surface area contributed by atoms with Crippen LogP contribution in [0, 0.1) is 11.8 Å². The molecule has 0 aliphatic carbocycles. The van der Waals surface area contributed by atoms with E-state index in [0.29, 0.717) is 18.3 Å². The number of hydrogen-bond donors (Lipinski definition) is 0. The van der Waals surface area contributed by atoms with Gasteiger partial charge in [-0.05, 0) is 103 Å². The van der Waals surface area contributed by atoms with E-state index in [-0.39, 0.29) is 5.75 Å². The lowest BCUT2D eigenvalue weighted by atomic mass is 10.1. The third-order valence-electron chi connectivity index (χ3n) is 7.09. The van der Waals surface area contributed by atoms with Gasteiger partial charge in [-0.3, -0.25) is 0 Å². The van der Waals surface area contributed by atoms with E-state index in [1.165, 1.54) is 22.3 Å². The second-order valence-corrected chi connectivity index (χ2v) is 14.2. The molecule has 0 saturated carbocycles. The number of unbranched alkanes of at least 4 members (excludes halogenated alkanes) is 1. The lowest BCUT2D eigenvalue weighted by molar-refractivity contribution is -0.898. The predicted molar refractivity (Wildman–Crippen MR) is 175 cm³/mol. The van der Waals surface area contributed by atoms with Crippen LogP contribution in [-0.2, 0) is 10.1 Å². The fourth-order valence-corrected chi connectivity index (χ4v) is 4.86. The average molecular weight is 576 g/mol. The highest BCUT2D eigenvalue weighted by Gasteiger charge is 2.19. The summed E-state index contributed by atoms with van der Waals surface area (Å²) in [6.45, 7) is 20.3. The first-order valence-corrected chi connectivity index (χ1v) is 16.9. The molecule has 0 aliphatic rings. The Labute approximate surface area is 249 Å². The van der Waals surface area contributed by atoms with Crippen molar-refractivity contribution >= 4 is 10.1 Å². The van der Waals surface area contributed by atoms with Crippen LogP contribution in [0.25, 0.3) is 0 Å². The molecule has 0 spiro atoms. The van der Waals surface area contributed by atoms with Gasteiger partial charge in [0, 0.05) is 5.75 Å². The van der Waals surface area contributed by atoms with Crippen LogP contribution >= 0.6 is 0 Å². The van der Waals surface area contributed by atoms with Crippen molar-refractivity contribution < 1.29 is 17.5 Å². The molecule has 0 aromatic carbocycles. The Balaban J connectivity index is 5.11. The van der Waals surface area contributed by atoms with Crippen LogP contribution in [0.3, 0.4) is 0 Å². The zero-order valence-electron chi connectivity index (χ0n) is 27.3. The van der Waals surface area contributed by atoms with E-state index < -0.39 is 10.1 Å². The molecule has 5 heteroatoms. The fourth-order valence-electron chi connectivity index (χ4n) is 4.30. The average Bonchev–Trinajstić information content (AvgIpc) is 2.83. The monoisotopic (exact) mass is 575 g/mol. The Kier molecular flexibility index (Phi) is 20.2. The van der Waals surface area contributed by atoms with Gasteiger partial charge < -0.3 is 9.04 Å². The molecule has 0 aromatic heterocycles. The van der Waals surface area contributed by atoms with Crippen LogP contribution in [0.4, 0.5) is 0 Å². The molecule has 0 bridgehead atoms. The molecule has 0 aromatic rings. The van der Waals surface area contributed by atoms with Gasteiger partial charge in [-0.1, -0.05) is 86.4 Å². The van der Waals surface area contributed by atoms with Crippen LogP contribution in [-0.4, -0.2) is 49.9 Å². The highest BCUT2D eigenvalue weighted by Crippen LogP contribution is 2.15. The second-order valence-electron chi connectivity index (χ2n) is 12.7. The highest BCUT2D eigenvalue weighted by atomic mass is 32.2. The van der Waals surface area contributed by atoms with Crippen molar-refractivity contribution in [3.8, 4) is 0 Å². The zero-order valence-corrected chi connectivity index (χ0v) is 28.2. The van der Waals surface area contributed by atoms with Gasteiger partial charge in [0.25, 0.3) is 0 Å². The van der Waals surface area contributed by atoms with Crippen molar-refractivity contribution in [1.82, 2.24) is 0 Å². The summed E-state index contributed by atoms with van der Waals surface area (Å²) in [7, 11) is -1.90. The van der Waals surface area contributed by atoms with Gasteiger partial charge in [0.15, 0.2) is 0 Å². The molecule has 40 heavy (non-hydrogen) atoms. The molecule has 4 nitrogen and oxygen atoms in total. The molecule has 0 amide bonds. The van der Waals surface area contributed by atoms with E-state index in [9.17, 15) is 13.0 Å². The molecule has 0 rings (SSSR count). The minimum atomic E-state index is -4.15. The summed E-state index contributed by atoms with van der Waals surface area (Å²) in [5.41, 5.74) is 5.61. The molecule has 0 saturated heterocycles. The third kappa shape index (κ3) is 24.1. The molecule has 0 unspecified atom stereocenters. The lowest BCUT2D eigenvalue weighted by Crippen LogP contribution is -2.45. The maximum absolute atomic E-state index is 11.1. The summed E-state index contributed by atoms with van der Waals surface area (Å²) >= 11 is 0. The first-order chi connectivity index (χ1) is 18.6. The standard InChI is InChI=1S/C35H61NO3S/c1-30(2)16-12-18-32(5)20-14-22-34(7)24-27-36(9,26-10-11-29-40(37,38)39)28-25-35(8)23-15-21-33(6)19-13-17-31(3)4/h12-13,16-17,20-21,24-25,30-31H,10-11,14-15,18-19,22-23,26-29H2,1-9H3/b16-12+,17-13+,32-20+,33-21+,34-24+,35-25+. The topological polar surface area (TPSA) is 57.2 Å². The van der Waals surface area contributed by atoms with Gasteiger partial charge >= 0.3 is 0 Å². The predicted octanol–water partition coefficient (Wildman–Crippen LogP) is 9.31. The van der Waals surface area contributed by atoms with Gasteiger partial charge in [0.1, 0.15) is 0 Å². The van der Waals surface area contributed by atoms with E-state index in [2.05, 4.69) is 111 Å². The van der Waals surface area contributed by atoms with Crippen molar-refractivity contribution in [2.45, 2.75) is 107 Å². The first-order valence-electron chi connectivity index (χ1n) is 15.3. The van der Waals surface area contributed by atoms with Crippen LogP contribution < -0.4 is 0 Å². The van der Waals surface area contributed by atoms with Crippen LogP contribution in [0.1, 0.15) is 107 Å². The van der Waals surface area contributed by atoms with E-state index in [1.54, 1.807) is 0 Å². The van der Waals surface area contributed by atoms with Crippen LogP contribution in [0.2, 0.25) is 0 Å². The fraction of sp³-hybridized carbons (Fsp3) is 0.657. The summed E-state index contributed by atoms with van der Waals surface area (Å²) in [5.74, 6) is 0.918. The Morgan fingerprint density at radius 1 is 0.700 bits per heavy atom. The molecular formula is C35H61NO3S. The highest BCUT2D eigenvalue weighted by molar-refractivity contribution is 7.85. The Morgan fingerprint density at radius 2 is 1.12 bits per heavy atom. The van der Waals surface area contributed by atoms with Crippen molar-refractivity contribution in [3.63, 3.8) is 0 Å². The van der Waals surface area contributed by atoms with Crippen molar-refractivity contribution in [2.75, 3.05) is 32.4 Å². The Morgan fingerprint density at radius 3 is 1.50 bits per heavy atom. The van der Waals surface area contributed by atoms with Gasteiger partial charge in [-0.15, -0.1) is 0 Å². The van der Waals surface area contributed by atoms with E-state index >= 15 is 0 Å². The van der Waals surface area contributed by atoms with E-state index in [1.807, 2.05) is 0 Å². The molecule has 230 valence electrons.